The SMILES string of the molecule is Cc1ccc(COCC2(CC3CCCCC3)N=C(N)N(C)C2=O)cc1. The second-order valence-corrected chi connectivity index (χ2v) is 7.55. The van der Waals surface area contributed by atoms with E-state index < -0.39 is 5.54 Å². The summed E-state index contributed by atoms with van der Waals surface area (Å²) in [6.07, 6.45) is 6.87. The summed E-state index contributed by atoms with van der Waals surface area (Å²) in [5, 5.41) is 0. The molecule has 0 aromatic heterocycles. The van der Waals surface area contributed by atoms with Gasteiger partial charge < -0.3 is 10.5 Å². The third-order valence-electron chi connectivity index (χ3n) is 5.46. The monoisotopic (exact) mass is 343 g/mol. The summed E-state index contributed by atoms with van der Waals surface area (Å²) in [6.45, 7) is 2.84. The van der Waals surface area contributed by atoms with Crippen LogP contribution in [0.4, 0.5) is 0 Å². The van der Waals surface area contributed by atoms with Crippen LogP contribution in [-0.2, 0) is 16.1 Å². The van der Waals surface area contributed by atoms with Gasteiger partial charge in [0.25, 0.3) is 5.91 Å². The molecule has 2 N–H and O–H groups in total. The Morgan fingerprint density at radius 1 is 1.24 bits per heavy atom. The number of carbonyl (C=O) groups is 1. The molecule has 1 unspecified atom stereocenters. The number of carbonyl (C=O) groups excluding carboxylic acids is 1. The number of aliphatic imine (C=N–C) groups is 1. The van der Waals surface area contributed by atoms with E-state index in [4.69, 9.17) is 10.5 Å². The van der Waals surface area contributed by atoms with Crippen LogP contribution in [0.25, 0.3) is 0 Å². The van der Waals surface area contributed by atoms with Gasteiger partial charge >= 0.3 is 0 Å². The van der Waals surface area contributed by atoms with Gasteiger partial charge in [0.2, 0.25) is 0 Å². The van der Waals surface area contributed by atoms with E-state index in [1.54, 1.807) is 7.05 Å². The standard InChI is InChI=1S/C20H29N3O2/c1-15-8-10-17(11-9-15)13-25-14-20(12-16-6-4-3-5-7-16)18(24)23(2)19(21)22-20/h8-11,16H,3-7,12-14H2,1-2H3,(H2,21,22). The van der Waals surface area contributed by atoms with E-state index in [0.29, 0.717) is 25.1 Å². The van der Waals surface area contributed by atoms with Gasteiger partial charge in [0, 0.05) is 7.05 Å². The summed E-state index contributed by atoms with van der Waals surface area (Å²) in [6, 6.07) is 8.26. The number of rotatable bonds is 6. The van der Waals surface area contributed by atoms with E-state index >= 15 is 0 Å². The summed E-state index contributed by atoms with van der Waals surface area (Å²) in [7, 11) is 1.70. The topological polar surface area (TPSA) is 67.9 Å². The van der Waals surface area contributed by atoms with Crippen LogP contribution in [-0.4, -0.2) is 36.0 Å². The fourth-order valence-corrected chi connectivity index (χ4v) is 3.94. The molecule has 136 valence electrons. The van der Waals surface area contributed by atoms with Gasteiger partial charge in [0.15, 0.2) is 11.5 Å². The molecule has 0 saturated heterocycles. The van der Waals surface area contributed by atoms with E-state index in [1.807, 2.05) is 0 Å². The van der Waals surface area contributed by atoms with Crippen molar-refractivity contribution in [3.8, 4) is 0 Å². The van der Waals surface area contributed by atoms with Crippen molar-refractivity contribution in [1.82, 2.24) is 4.90 Å². The first-order chi connectivity index (χ1) is 12.0. The van der Waals surface area contributed by atoms with E-state index in [0.717, 1.165) is 12.0 Å². The Balaban J connectivity index is 1.68. The zero-order valence-electron chi connectivity index (χ0n) is 15.3. The van der Waals surface area contributed by atoms with Gasteiger partial charge in [-0.25, -0.2) is 4.99 Å². The average molecular weight is 343 g/mol. The summed E-state index contributed by atoms with van der Waals surface area (Å²) >= 11 is 0. The highest BCUT2D eigenvalue weighted by Crippen LogP contribution is 2.35. The van der Waals surface area contributed by atoms with E-state index in [2.05, 4.69) is 36.2 Å². The molecule has 1 amide bonds. The molecule has 1 saturated carbocycles. The zero-order valence-corrected chi connectivity index (χ0v) is 15.3. The lowest BCUT2D eigenvalue weighted by molar-refractivity contribution is -0.133. The fraction of sp³-hybridized carbons (Fsp3) is 0.600. The lowest BCUT2D eigenvalue weighted by Gasteiger charge is -2.31. The molecule has 1 fully saturated rings. The van der Waals surface area contributed by atoms with E-state index in [9.17, 15) is 4.79 Å². The highest BCUT2D eigenvalue weighted by atomic mass is 16.5. The van der Waals surface area contributed by atoms with Crippen LogP contribution in [0.3, 0.4) is 0 Å². The summed E-state index contributed by atoms with van der Waals surface area (Å²) in [5.74, 6) is 0.808. The van der Waals surface area contributed by atoms with Crippen molar-refractivity contribution in [3.05, 3.63) is 35.4 Å². The smallest absolute Gasteiger partial charge is 0.259 e. The largest absolute Gasteiger partial charge is 0.374 e. The van der Waals surface area contributed by atoms with Gasteiger partial charge in [0.05, 0.1) is 13.2 Å². The minimum atomic E-state index is -0.842. The number of likely N-dealkylation sites (N-methyl/N-ethyl adjacent to an activating group) is 1. The Labute approximate surface area is 150 Å². The van der Waals surface area contributed by atoms with Gasteiger partial charge in [-0.3, -0.25) is 9.69 Å². The number of nitrogens with zero attached hydrogens (tertiary/aromatic N) is 2. The molecule has 5 nitrogen and oxygen atoms in total. The predicted molar refractivity (Wildman–Crippen MR) is 99.2 cm³/mol. The van der Waals surface area contributed by atoms with Crippen LogP contribution in [0, 0.1) is 12.8 Å². The van der Waals surface area contributed by atoms with Crippen molar-refractivity contribution in [2.45, 2.75) is 57.6 Å². The fourth-order valence-electron chi connectivity index (χ4n) is 3.94. The quantitative estimate of drug-likeness (QED) is 0.863. The van der Waals surface area contributed by atoms with Crippen LogP contribution >= 0.6 is 0 Å². The molecule has 3 rings (SSSR count). The molecule has 0 spiro atoms. The number of nitrogens with two attached hydrogens (primary N) is 1. The Morgan fingerprint density at radius 2 is 1.92 bits per heavy atom. The summed E-state index contributed by atoms with van der Waals surface area (Å²) in [5.41, 5.74) is 7.44. The highest BCUT2D eigenvalue weighted by Gasteiger charge is 2.48. The maximum absolute atomic E-state index is 12.8. The molecule has 1 aromatic carbocycles. The van der Waals surface area contributed by atoms with Gasteiger partial charge in [-0.15, -0.1) is 0 Å². The van der Waals surface area contributed by atoms with Crippen LogP contribution in [0.15, 0.2) is 29.3 Å². The maximum atomic E-state index is 12.8. The van der Waals surface area contributed by atoms with Crippen molar-refractivity contribution in [2.24, 2.45) is 16.6 Å². The van der Waals surface area contributed by atoms with Crippen molar-refractivity contribution >= 4 is 11.9 Å². The molecule has 1 aliphatic carbocycles. The maximum Gasteiger partial charge on any atom is 0.259 e. The van der Waals surface area contributed by atoms with Gasteiger partial charge in [-0.2, -0.15) is 0 Å². The lowest BCUT2D eigenvalue weighted by atomic mass is 9.79. The molecular weight excluding hydrogens is 314 g/mol. The molecule has 0 radical (unpaired) electrons. The third-order valence-corrected chi connectivity index (χ3v) is 5.46. The molecule has 0 bridgehead atoms. The zero-order chi connectivity index (χ0) is 17.9. The predicted octanol–water partition coefficient (Wildman–Crippen LogP) is 3.01. The van der Waals surface area contributed by atoms with E-state index in [-0.39, 0.29) is 5.91 Å². The highest BCUT2D eigenvalue weighted by molar-refractivity contribution is 6.06. The Bertz CT molecular complexity index is 635. The van der Waals surface area contributed by atoms with Crippen molar-refractivity contribution in [1.29, 1.82) is 0 Å². The first kappa shape index (κ1) is 17.9. The molecule has 1 heterocycles. The van der Waals surface area contributed by atoms with Crippen molar-refractivity contribution in [3.63, 3.8) is 0 Å². The molecule has 5 heteroatoms. The van der Waals surface area contributed by atoms with Crippen LogP contribution in [0.1, 0.15) is 49.7 Å². The first-order valence-corrected chi connectivity index (χ1v) is 9.27. The van der Waals surface area contributed by atoms with Crippen LogP contribution in [0.5, 0.6) is 0 Å². The number of aryl methyl sites for hydroxylation is 1. The van der Waals surface area contributed by atoms with Gasteiger partial charge in [-0.1, -0.05) is 61.9 Å². The van der Waals surface area contributed by atoms with Gasteiger partial charge in [0.1, 0.15) is 0 Å². The second-order valence-electron chi connectivity index (χ2n) is 7.55. The Kier molecular flexibility index (Phi) is 5.42. The molecule has 2 aliphatic rings. The van der Waals surface area contributed by atoms with Crippen LogP contribution < -0.4 is 5.73 Å². The number of hydrogen-bond donors (Lipinski definition) is 1. The van der Waals surface area contributed by atoms with Crippen LogP contribution in [0.2, 0.25) is 0 Å². The minimum Gasteiger partial charge on any atom is -0.374 e. The minimum absolute atomic E-state index is 0.0283. The normalized spacial score (nSPS) is 24.6. The second kappa shape index (κ2) is 7.56. The number of guanidine groups is 1. The molecular formula is C20H29N3O2. The molecule has 1 atom stereocenters. The Morgan fingerprint density at radius 3 is 2.52 bits per heavy atom. The van der Waals surface area contributed by atoms with Crippen molar-refractivity contribution in [2.75, 3.05) is 13.7 Å². The summed E-state index contributed by atoms with van der Waals surface area (Å²) in [4.78, 5) is 18.9. The molecule has 1 aliphatic heterocycles. The van der Waals surface area contributed by atoms with Crippen molar-refractivity contribution < 1.29 is 9.53 Å². The number of ether oxygens (including phenoxy) is 1. The number of benzene rings is 1. The Hall–Kier alpha value is -1.88. The van der Waals surface area contributed by atoms with E-state index in [1.165, 1.54) is 42.6 Å². The number of hydrogen-bond acceptors (Lipinski definition) is 4. The number of amides is 1. The molecule has 1 aromatic rings. The average Bonchev–Trinajstić information content (AvgIpc) is 2.82. The van der Waals surface area contributed by atoms with Gasteiger partial charge in [-0.05, 0) is 24.8 Å². The summed E-state index contributed by atoms with van der Waals surface area (Å²) < 4.78 is 5.95. The molecule has 25 heavy (non-hydrogen) atoms. The third kappa shape index (κ3) is 4.03. The first-order valence-electron chi connectivity index (χ1n) is 9.27. The lowest BCUT2D eigenvalue weighted by Crippen LogP contribution is -2.46.